The Labute approximate surface area is 78.9 Å². The van der Waals surface area contributed by atoms with E-state index in [-0.39, 0.29) is 11.7 Å². The molecule has 13 heavy (non-hydrogen) atoms. The third-order valence-electron chi connectivity index (χ3n) is 2.40. The summed E-state index contributed by atoms with van der Waals surface area (Å²) in [6.07, 6.45) is 4.20. The van der Waals surface area contributed by atoms with E-state index in [1.807, 2.05) is 6.92 Å². The number of ketones is 1. The molecule has 0 aliphatic carbocycles. The van der Waals surface area contributed by atoms with Gasteiger partial charge >= 0.3 is 0 Å². The van der Waals surface area contributed by atoms with Gasteiger partial charge in [-0.15, -0.1) is 0 Å². The van der Waals surface area contributed by atoms with E-state index in [9.17, 15) is 4.79 Å². The molecule has 74 valence electrons. The van der Waals surface area contributed by atoms with E-state index in [2.05, 4.69) is 0 Å². The van der Waals surface area contributed by atoms with Crippen LogP contribution in [0.3, 0.4) is 0 Å². The molecule has 0 aromatic heterocycles. The number of hydrogen-bond donors (Lipinski definition) is 1. The minimum atomic E-state index is -0.0204. The van der Waals surface area contributed by atoms with E-state index in [1.54, 1.807) is 6.26 Å². The molecule has 0 aromatic carbocycles. The highest BCUT2D eigenvalue weighted by Gasteiger charge is 2.20. The van der Waals surface area contributed by atoms with Crippen molar-refractivity contribution >= 4 is 5.78 Å². The first-order chi connectivity index (χ1) is 6.29. The zero-order valence-corrected chi connectivity index (χ0v) is 8.08. The topological polar surface area (TPSA) is 52.3 Å². The van der Waals surface area contributed by atoms with Gasteiger partial charge in [-0.05, 0) is 19.3 Å². The molecule has 1 heterocycles. The molecule has 0 aromatic rings. The van der Waals surface area contributed by atoms with Gasteiger partial charge in [0.15, 0.2) is 5.78 Å². The monoisotopic (exact) mass is 183 g/mol. The highest BCUT2D eigenvalue weighted by Crippen LogP contribution is 2.17. The van der Waals surface area contributed by atoms with Crippen molar-refractivity contribution in [3.05, 3.63) is 11.8 Å². The molecule has 0 radical (unpaired) electrons. The van der Waals surface area contributed by atoms with Gasteiger partial charge in [0.1, 0.15) is 0 Å². The second-order valence-electron chi connectivity index (χ2n) is 3.32. The van der Waals surface area contributed by atoms with Crippen LogP contribution in [0, 0.1) is 5.92 Å². The predicted octanol–water partition coefficient (Wildman–Crippen LogP) is 1.23. The largest absolute Gasteiger partial charge is 0.501 e. The fourth-order valence-corrected chi connectivity index (χ4v) is 1.47. The van der Waals surface area contributed by atoms with Gasteiger partial charge in [-0.1, -0.05) is 6.92 Å². The summed E-state index contributed by atoms with van der Waals surface area (Å²) in [5, 5.41) is 0. The Balaban J connectivity index is 2.59. The smallest absolute Gasteiger partial charge is 0.166 e. The number of Topliss-reactive ketones (excluding diaryl/α,β-unsaturated/α-hetero) is 1. The average molecular weight is 183 g/mol. The van der Waals surface area contributed by atoms with Crippen molar-refractivity contribution in [2.45, 2.75) is 26.2 Å². The third-order valence-corrected chi connectivity index (χ3v) is 2.40. The molecular weight excluding hydrogens is 166 g/mol. The van der Waals surface area contributed by atoms with Gasteiger partial charge in [-0.3, -0.25) is 4.79 Å². The minimum absolute atomic E-state index is 0.0204. The van der Waals surface area contributed by atoms with E-state index < -0.39 is 0 Å². The summed E-state index contributed by atoms with van der Waals surface area (Å²) < 4.78 is 5.12. The predicted molar refractivity (Wildman–Crippen MR) is 51.1 cm³/mol. The maximum atomic E-state index is 11.7. The Morgan fingerprint density at radius 1 is 1.77 bits per heavy atom. The van der Waals surface area contributed by atoms with Crippen LogP contribution in [0.5, 0.6) is 0 Å². The molecule has 0 amide bonds. The lowest BCUT2D eigenvalue weighted by Gasteiger charge is -2.16. The van der Waals surface area contributed by atoms with Crippen LogP contribution in [-0.2, 0) is 9.53 Å². The molecule has 1 atom stereocenters. The third kappa shape index (κ3) is 2.56. The van der Waals surface area contributed by atoms with Crippen molar-refractivity contribution in [1.82, 2.24) is 0 Å². The summed E-state index contributed by atoms with van der Waals surface area (Å²) in [5.41, 5.74) is 6.31. The summed E-state index contributed by atoms with van der Waals surface area (Å²) in [7, 11) is 0. The Morgan fingerprint density at radius 2 is 2.54 bits per heavy atom. The molecule has 0 saturated heterocycles. The van der Waals surface area contributed by atoms with Crippen molar-refractivity contribution in [3.8, 4) is 0 Å². The molecule has 3 heteroatoms. The zero-order chi connectivity index (χ0) is 9.68. The van der Waals surface area contributed by atoms with Crippen LogP contribution in [0.1, 0.15) is 26.2 Å². The highest BCUT2D eigenvalue weighted by atomic mass is 16.5. The van der Waals surface area contributed by atoms with Gasteiger partial charge in [-0.25, -0.2) is 0 Å². The lowest BCUT2D eigenvalue weighted by atomic mass is 9.93. The lowest BCUT2D eigenvalue weighted by Crippen LogP contribution is -2.25. The standard InChI is InChI=1S/C10H17NO2/c1-2-8(6-11)10(12)9-4-3-5-13-7-9/h7-8H,2-6,11H2,1H3. The fourth-order valence-electron chi connectivity index (χ4n) is 1.47. The molecule has 3 nitrogen and oxygen atoms in total. The summed E-state index contributed by atoms with van der Waals surface area (Å²) in [4.78, 5) is 11.7. The number of carbonyl (C=O) groups excluding carboxylic acids is 1. The van der Waals surface area contributed by atoms with Crippen molar-refractivity contribution in [2.24, 2.45) is 11.7 Å². The van der Waals surface area contributed by atoms with Gasteiger partial charge in [0, 0.05) is 18.0 Å². The number of carbonyl (C=O) groups is 1. The van der Waals surface area contributed by atoms with Gasteiger partial charge < -0.3 is 10.5 Å². The normalized spacial score (nSPS) is 18.8. The van der Waals surface area contributed by atoms with Crippen LogP contribution in [0.25, 0.3) is 0 Å². The average Bonchev–Trinajstić information content (AvgIpc) is 2.21. The van der Waals surface area contributed by atoms with Crippen molar-refractivity contribution in [1.29, 1.82) is 0 Å². The van der Waals surface area contributed by atoms with Crippen molar-refractivity contribution < 1.29 is 9.53 Å². The number of allylic oxidation sites excluding steroid dienone is 1. The Bertz CT molecular complexity index is 207. The van der Waals surface area contributed by atoms with Crippen LogP contribution in [0.15, 0.2) is 11.8 Å². The molecule has 1 aliphatic rings. The SMILES string of the molecule is CCC(CN)C(=O)C1=COCCC1. The Hall–Kier alpha value is -0.830. The fraction of sp³-hybridized carbons (Fsp3) is 0.700. The van der Waals surface area contributed by atoms with E-state index in [4.69, 9.17) is 10.5 Å². The molecule has 1 rings (SSSR count). The molecule has 0 bridgehead atoms. The summed E-state index contributed by atoms with van der Waals surface area (Å²) in [5.74, 6) is 0.151. The quantitative estimate of drug-likeness (QED) is 0.713. The summed E-state index contributed by atoms with van der Waals surface area (Å²) >= 11 is 0. The van der Waals surface area contributed by atoms with Gasteiger partial charge in [-0.2, -0.15) is 0 Å². The maximum Gasteiger partial charge on any atom is 0.166 e. The Kier molecular flexibility index (Phi) is 3.96. The molecule has 0 fully saturated rings. The van der Waals surface area contributed by atoms with E-state index in [0.29, 0.717) is 6.54 Å². The highest BCUT2D eigenvalue weighted by molar-refractivity contribution is 5.97. The number of ether oxygens (including phenoxy) is 1. The zero-order valence-electron chi connectivity index (χ0n) is 8.08. The molecular formula is C10H17NO2. The van der Waals surface area contributed by atoms with Gasteiger partial charge in [0.25, 0.3) is 0 Å². The van der Waals surface area contributed by atoms with Crippen molar-refractivity contribution in [3.63, 3.8) is 0 Å². The minimum Gasteiger partial charge on any atom is -0.501 e. The molecule has 1 unspecified atom stereocenters. The molecule has 1 aliphatic heterocycles. The molecule has 0 spiro atoms. The van der Waals surface area contributed by atoms with E-state index >= 15 is 0 Å². The number of nitrogens with two attached hydrogens (primary N) is 1. The molecule has 2 N–H and O–H groups in total. The first-order valence-electron chi connectivity index (χ1n) is 4.84. The van der Waals surface area contributed by atoms with Crippen LogP contribution in [0.4, 0.5) is 0 Å². The van der Waals surface area contributed by atoms with Gasteiger partial charge in [0.2, 0.25) is 0 Å². The van der Waals surface area contributed by atoms with Gasteiger partial charge in [0.05, 0.1) is 12.9 Å². The second kappa shape index (κ2) is 5.02. The van der Waals surface area contributed by atoms with E-state index in [1.165, 1.54) is 0 Å². The van der Waals surface area contributed by atoms with Crippen LogP contribution >= 0.6 is 0 Å². The summed E-state index contributed by atoms with van der Waals surface area (Å²) in [6.45, 7) is 3.16. The number of rotatable bonds is 4. The lowest BCUT2D eigenvalue weighted by molar-refractivity contribution is -0.119. The van der Waals surface area contributed by atoms with Crippen molar-refractivity contribution in [2.75, 3.05) is 13.2 Å². The summed E-state index contributed by atoms with van der Waals surface area (Å²) in [6, 6.07) is 0. The Morgan fingerprint density at radius 3 is 3.00 bits per heavy atom. The second-order valence-corrected chi connectivity index (χ2v) is 3.32. The first-order valence-corrected chi connectivity index (χ1v) is 4.84. The van der Waals surface area contributed by atoms with Crippen LogP contribution in [-0.4, -0.2) is 18.9 Å². The maximum absolute atomic E-state index is 11.7. The van der Waals surface area contributed by atoms with Crippen LogP contribution < -0.4 is 5.73 Å². The first kappa shape index (κ1) is 10.3. The van der Waals surface area contributed by atoms with Crippen LogP contribution in [0.2, 0.25) is 0 Å². The molecule has 0 saturated carbocycles. The number of hydrogen-bond acceptors (Lipinski definition) is 3. The van der Waals surface area contributed by atoms with E-state index in [0.717, 1.165) is 31.4 Å².